The highest BCUT2D eigenvalue weighted by Gasteiger charge is 2.28. The number of thiol groups is 1. The molecule has 0 spiro atoms. The minimum Gasteiger partial charge on any atom is -0.148 e. The van der Waals surface area contributed by atoms with Gasteiger partial charge in [0.25, 0.3) is 0 Å². The summed E-state index contributed by atoms with van der Waals surface area (Å²) < 4.78 is 0. The number of rotatable bonds is 0. The highest BCUT2D eigenvalue weighted by atomic mass is 32.1. The summed E-state index contributed by atoms with van der Waals surface area (Å²) in [5.74, 6) is 0.656. The Kier molecular flexibility index (Phi) is 2.96. The third-order valence-electron chi connectivity index (χ3n) is 2.89. The Morgan fingerprint density at radius 2 is 1.85 bits per heavy atom. The number of allylic oxidation sites excluding steroid dienone is 4. The first-order valence-electron chi connectivity index (χ1n) is 4.89. The summed E-state index contributed by atoms with van der Waals surface area (Å²) in [6.07, 6.45) is 3.39. The molecule has 1 atom stereocenters. The smallest absolute Gasteiger partial charge is 0.0109 e. The van der Waals surface area contributed by atoms with Crippen LogP contribution in [-0.2, 0) is 0 Å². The average Bonchev–Trinajstić information content (AvgIpc) is 1.94. The molecule has 0 fully saturated rings. The Hall–Kier alpha value is -0.170. The molecule has 0 radical (unpaired) electrons. The lowest BCUT2D eigenvalue weighted by atomic mass is 9.72. The average molecular weight is 196 g/mol. The Labute approximate surface area is 87.5 Å². The Bertz CT molecular complexity index is 263. The van der Waals surface area contributed by atoms with Gasteiger partial charge in [0.2, 0.25) is 0 Å². The monoisotopic (exact) mass is 196 g/mol. The molecule has 0 amide bonds. The topological polar surface area (TPSA) is 0 Å². The SMILES string of the molecule is CC1=CC(C)=C(S)CC1C(C)(C)C. The fourth-order valence-electron chi connectivity index (χ4n) is 2.03. The van der Waals surface area contributed by atoms with Gasteiger partial charge < -0.3 is 0 Å². The quantitative estimate of drug-likeness (QED) is 0.551. The molecule has 1 aliphatic carbocycles. The second kappa shape index (κ2) is 3.53. The zero-order valence-electron chi connectivity index (χ0n) is 9.31. The highest BCUT2D eigenvalue weighted by Crippen LogP contribution is 2.41. The zero-order valence-corrected chi connectivity index (χ0v) is 10.2. The van der Waals surface area contributed by atoms with E-state index in [-0.39, 0.29) is 0 Å². The minimum absolute atomic E-state index is 0.356. The molecule has 1 rings (SSSR count). The molecule has 74 valence electrons. The first-order valence-corrected chi connectivity index (χ1v) is 5.34. The zero-order chi connectivity index (χ0) is 10.2. The van der Waals surface area contributed by atoms with Crippen molar-refractivity contribution in [1.82, 2.24) is 0 Å². The van der Waals surface area contributed by atoms with Gasteiger partial charge in [-0.3, -0.25) is 0 Å². The maximum Gasteiger partial charge on any atom is -0.0109 e. The van der Waals surface area contributed by atoms with Crippen LogP contribution in [0.3, 0.4) is 0 Å². The summed E-state index contributed by atoms with van der Waals surface area (Å²) in [6.45, 7) is 11.3. The van der Waals surface area contributed by atoms with Crippen molar-refractivity contribution in [3.8, 4) is 0 Å². The lowest BCUT2D eigenvalue weighted by Crippen LogP contribution is -2.23. The van der Waals surface area contributed by atoms with Gasteiger partial charge in [-0.05, 0) is 42.1 Å². The summed E-state index contributed by atoms with van der Waals surface area (Å²) >= 11 is 4.52. The van der Waals surface area contributed by atoms with Gasteiger partial charge in [0.15, 0.2) is 0 Å². The van der Waals surface area contributed by atoms with Crippen molar-refractivity contribution >= 4 is 12.6 Å². The van der Waals surface area contributed by atoms with E-state index in [2.05, 4.69) is 53.3 Å². The van der Waals surface area contributed by atoms with Crippen LogP contribution in [0.15, 0.2) is 22.1 Å². The summed E-state index contributed by atoms with van der Waals surface area (Å²) in [7, 11) is 0. The van der Waals surface area contributed by atoms with Crippen molar-refractivity contribution in [3.05, 3.63) is 22.1 Å². The van der Waals surface area contributed by atoms with E-state index in [1.807, 2.05) is 0 Å². The fourth-order valence-corrected chi connectivity index (χ4v) is 2.28. The molecule has 0 saturated carbocycles. The van der Waals surface area contributed by atoms with Gasteiger partial charge in [0, 0.05) is 0 Å². The first kappa shape index (κ1) is 10.9. The number of hydrogen-bond donors (Lipinski definition) is 1. The molecule has 0 saturated heterocycles. The van der Waals surface area contributed by atoms with E-state index in [1.165, 1.54) is 16.1 Å². The van der Waals surface area contributed by atoms with Crippen LogP contribution in [0.5, 0.6) is 0 Å². The summed E-state index contributed by atoms with van der Waals surface area (Å²) in [4.78, 5) is 1.26. The summed E-state index contributed by atoms with van der Waals surface area (Å²) in [6, 6.07) is 0. The van der Waals surface area contributed by atoms with Crippen molar-refractivity contribution in [2.24, 2.45) is 11.3 Å². The van der Waals surface area contributed by atoms with E-state index >= 15 is 0 Å². The molecule has 1 heteroatoms. The van der Waals surface area contributed by atoms with E-state index in [0.29, 0.717) is 11.3 Å². The van der Waals surface area contributed by atoms with Crippen LogP contribution in [0, 0.1) is 11.3 Å². The largest absolute Gasteiger partial charge is 0.148 e. The van der Waals surface area contributed by atoms with Gasteiger partial charge in [-0.25, -0.2) is 0 Å². The van der Waals surface area contributed by atoms with E-state index in [9.17, 15) is 0 Å². The van der Waals surface area contributed by atoms with E-state index in [4.69, 9.17) is 0 Å². The molecule has 0 aromatic heterocycles. The lowest BCUT2D eigenvalue weighted by Gasteiger charge is -2.34. The molecule has 0 aromatic rings. The van der Waals surface area contributed by atoms with Crippen molar-refractivity contribution < 1.29 is 0 Å². The molecule has 0 aliphatic heterocycles. The molecular formula is C12H20S. The summed E-state index contributed by atoms with van der Waals surface area (Å²) in [5, 5.41) is 0. The normalized spacial score (nSPS) is 24.8. The van der Waals surface area contributed by atoms with Crippen LogP contribution in [0.4, 0.5) is 0 Å². The Morgan fingerprint density at radius 1 is 1.31 bits per heavy atom. The van der Waals surface area contributed by atoms with Gasteiger partial charge in [-0.15, -0.1) is 12.6 Å². The van der Waals surface area contributed by atoms with Crippen LogP contribution in [0.25, 0.3) is 0 Å². The lowest BCUT2D eigenvalue weighted by molar-refractivity contribution is 0.277. The highest BCUT2D eigenvalue weighted by molar-refractivity contribution is 7.84. The Balaban J connectivity index is 2.94. The second-order valence-corrected chi connectivity index (χ2v) is 5.68. The minimum atomic E-state index is 0.356. The van der Waals surface area contributed by atoms with Crippen LogP contribution < -0.4 is 0 Å². The van der Waals surface area contributed by atoms with Gasteiger partial charge in [0.1, 0.15) is 0 Å². The van der Waals surface area contributed by atoms with Gasteiger partial charge >= 0.3 is 0 Å². The Morgan fingerprint density at radius 3 is 2.31 bits per heavy atom. The maximum absolute atomic E-state index is 4.52. The molecule has 0 N–H and O–H groups in total. The molecule has 0 aromatic carbocycles. The fraction of sp³-hybridized carbons (Fsp3) is 0.667. The first-order chi connectivity index (χ1) is 5.82. The molecule has 1 unspecified atom stereocenters. The maximum atomic E-state index is 4.52. The third-order valence-corrected chi connectivity index (χ3v) is 3.43. The molecule has 0 nitrogen and oxygen atoms in total. The van der Waals surface area contributed by atoms with Crippen LogP contribution in [-0.4, -0.2) is 0 Å². The standard InChI is InChI=1S/C12H20S/c1-8-6-9(2)11(13)7-10(8)12(3,4)5/h6,10,13H,7H2,1-5H3. The molecule has 0 heterocycles. The molecule has 0 bridgehead atoms. The van der Waals surface area contributed by atoms with Crippen LogP contribution >= 0.6 is 12.6 Å². The second-order valence-electron chi connectivity index (χ2n) is 5.14. The van der Waals surface area contributed by atoms with Gasteiger partial charge in [0.05, 0.1) is 0 Å². The van der Waals surface area contributed by atoms with E-state index in [1.54, 1.807) is 0 Å². The van der Waals surface area contributed by atoms with Crippen LogP contribution in [0.1, 0.15) is 41.0 Å². The van der Waals surface area contributed by atoms with Gasteiger partial charge in [-0.2, -0.15) is 0 Å². The molecule has 13 heavy (non-hydrogen) atoms. The van der Waals surface area contributed by atoms with Crippen molar-refractivity contribution in [2.45, 2.75) is 41.0 Å². The van der Waals surface area contributed by atoms with Gasteiger partial charge in [-0.1, -0.05) is 32.4 Å². The summed E-state index contributed by atoms with van der Waals surface area (Å²) in [5.41, 5.74) is 3.19. The molecule has 1 aliphatic rings. The predicted octanol–water partition coefficient (Wildman–Crippen LogP) is 4.20. The van der Waals surface area contributed by atoms with E-state index in [0.717, 1.165) is 6.42 Å². The predicted molar refractivity (Wildman–Crippen MR) is 63.0 cm³/mol. The number of hydrogen-bond acceptors (Lipinski definition) is 1. The van der Waals surface area contributed by atoms with Crippen molar-refractivity contribution in [2.75, 3.05) is 0 Å². The molecular weight excluding hydrogens is 176 g/mol. The van der Waals surface area contributed by atoms with E-state index < -0.39 is 0 Å². The van der Waals surface area contributed by atoms with Crippen LogP contribution in [0.2, 0.25) is 0 Å². The van der Waals surface area contributed by atoms with Crippen molar-refractivity contribution in [1.29, 1.82) is 0 Å². The van der Waals surface area contributed by atoms with Crippen molar-refractivity contribution in [3.63, 3.8) is 0 Å². The third kappa shape index (κ3) is 2.40.